The molecule has 0 saturated carbocycles. The van der Waals surface area contributed by atoms with Crippen LogP contribution in [0.4, 0.5) is 26.5 Å². The highest BCUT2D eigenvalue weighted by Crippen LogP contribution is 2.27. The van der Waals surface area contributed by atoms with Gasteiger partial charge in [0.15, 0.2) is 11.1 Å². The largest absolute Gasteiger partial charge is 0.383 e. The van der Waals surface area contributed by atoms with Crippen molar-refractivity contribution in [3.05, 3.63) is 94.9 Å². The van der Waals surface area contributed by atoms with Gasteiger partial charge in [0.25, 0.3) is 0 Å². The fraction of sp³-hybridized carbons (Fsp3) is 0.148. The number of nitrogen functional groups attached to an aromatic ring is 1. The van der Waals surface area contributed by atoms with Crippen LogP contribution in [0.3, 0.4) is 0 Å². The molecule has 5 aromatic rings. The van der Waals surface area contributed by atoms with Crippen LogP contribution in [0.1, 0.15) is 26.5 Å². The number of hydrogen-bond acceptors (Lipinski definition) is 6. The van der Waals surface area contributed by atoms with Gasteiger partial charge >= 0.3 is 6.03 Å². The van der Waals surface area contributed by atoms with Crippen LogP contribution in [0.15, 0.2) is 78.0 Å². The van der Waals surface area contributed by atoms with Gasteiger partial charge in [-0.1, -0.05) is 20.8 Å². The average molecular weight is 513 g/mol. The highest BCUT2D eigenvalue weighted by atomic mass is 19.1. The van der Waals surface area contributed by atoms with Crippen LogP contribution in [0.25, 0.3) is 22.4 Å². The molecule has 0 radical (unpaired) electrons. The van der Waals surface area contributed by atoms with Gasteiger partial charge in [0.2, 0.25) is 0 Å². The number of pyridine rings is 1. The summed E-state index contributed by atoms with van der Waals surface area (Å²) < 4.78 is 16.7. The summed E-state index contributed by atoms with van der Waals surface area (Å²) in [4.78, 5) is 33.3. The van der Waals surface area contributed by atoms with Gasteiger partial charge in [0.1, 0.15) is 29.2 Å². The van der Waals surface area contributed by atoms with E-state index in [1.807, 2.05) is 20.8 Å². The lowest BCUT2D eigenvalue weighted by Gasteiger charge is -2.14. The predicted octanol–water partition coefficient (Wildman–Crippen LogP) is 4.63. The quantitative estimate of drug-likeness (QED) is 0.322. The standard InChI is InChI=1S/C27H25FN8O2/c1-27(2,3)21-14-22(36(34-21)19-8-4-16(28)5-9-19)33-26(38)32-17-6-10-18(11-7-17)35-13-12-20(37)23-24(29)30-15-31-25(23)35/h4-15H,1-3H3,(H2,29,30,31)(H2,32,33,38). The number of carbonyl (C=O) groups is 1. The number of urea groups is 1. The smallest absolute Gasteiger partial charge is 0.324 e. The number of halogens is 1. The fourth-order valence-electron chi connectivity index (χ4n) is 3.91. The Bertz CT molecular complexity index is 1700. The topological polar surface area (TPSA) is 133 Å². The molecule has 5 rings (SSSR count). The van der Waals surface area contributed by atoms with Crippen molar-refractivity contribution in [1.82, 2.24) is 24.3 Å². The Kier molecular flexibility index (Phi) is 6.11. The lowest BCUT2D eigenvalue weighted by Crippen LogP contribution is -2.21. The van der Waals surface area contributed by atoms with E-state index in [2.05, 4.69) is 25.7 Å². The number of amides is 2. The summed E-state index contributed by atoms with van der Waals surface area (Å²) >= 11 is 0. The second kappa shape index (κ2) is 9.43. The molecule has 2 aromatic carbocycles. The van der Waals surface area contributed by atoms with Crippen LogP contribution in [0.5, 0.6) is 0 Å². The molecule has 0 aliphatic rings. The van der Waals surface area contributed by atoms with E-state index in [9.17, 15) is 14.0 Å². The zero-order chi connectivity index (χ0) is 27.0. The third-order valence-corrected chi connectivity index (χ3v) is 5.90. The zero-order valence-corrected chi connectivity index (χ0v) is 20.9. The first-order valence-corrected chi connectivity index (χ1v) is 11.8. The minimum absolute atomic E-state index is 0.110. The van der Waals surface area contributed by atoms with Gasteiger partial charge in [-0.3, -0.25) is 10.1 Å². The highest BCUT2D eigenvalue weighted by molar-refractivity contribution is 5.99. The molecule has 0 unspecified atom stereocenters. The molecule has 192 valence electrons. The number of aromatic nitrogens is 5. The molecule has 38 heavy (non-hydrogen) atoms. The number of rotatable bonds is 4. The minimum Gasteiger partial charge on any atom is -0.383 e. The normalized spacial score (nSPS) is 11.5. The number of anilines is 3. The number of carbonyl (C=O) groups excluding carboxylic acids is 1. The van der Waals surface area contributed by atoms with Crippen molar-refractivity contribution >= 4 is 34.4 Å². The second-order valence-electron chi connectivity index (χ2n) is 9.69. The Morgan fingerprint density at radius 1 is 0.947 bits per heavy atom. The van der Waals surface area contributed by atoms with E-state index in [0.717, 1.165) is 5.69 Å². The van der Waals surface area contributed by atoms with E-state index in [1.165, 1.54) is 24.5 Å². The van der Waals surface area contributed by atoms with Crippen LogP contribution in [0, 0.1) is 5.82 Å². The number of nitrogens with zero attached hydrogens (tertiary/aromatic N) is 5. The Morgan fingerprint density at radius 2 is 1.63 bits per heavy atom. The molecule has 0 spiro atoms. The van der Waals surface area contributed by atoms with Gasteiger partial charge in [0.05, 0.1) is 11.4 Å². The maximum Gasteiger partial charge on any atom is 0.324 e. The minimum atomic E-state index is -0.476. The summed E-state index contributed by atoms with van der Waals surface area (Å²) in [6, 6.07) is 15.6. The molecule has 0 atom stereocenters. The van der Waals surface area contributed by atoms with E-state index in [1.54, 1.807) is 57.9 Å². The van der Waals surface area contributed by atoms with Crippen LogP contribution in [0.2, 0.25) is 0 Å². The number of fused-ring (bicyclic) bond motifs is 1. The zero-order valence-electron chi connectivity index (χ0n) is 20.9. The van der Waals surface area contributed by atoms with Gasteiger partial charge in [-0.25, -0.2) is 23.8 Å². The van der Waals surface area contributed by atoms with Gasteiger partial charge in [0, 0.05) is 35.1 Å². The Labute approximate surface area is 217 Å². The molecule has 3 aromatic heterocycles. The molecular formula is C27H25FN8O2. The van der Waals surface area contributed by atoms with Crippen molar-refractivity contribution in [3.63, 3.8) is 0 Å². The fourth-order valence-corrected chi connectivity index (χ4v) is 3.91. The molecule has 0 aliphatic heterocycles. The summed E-state index contributed by atoms with van der Waals surface area (Å²) in [6.45, 7) is 6.05. The third-order valence-electron chi connectivity index (χ3n) is 5.90. The maximum atomic E-state index is 13.5. The molecule has 10 nitrogen and oxygen atoms in total. The molecule has 4 N–H and O–H groups in total. The molecule has 2 amide bonds. The Morgan fingerprint density at radius 3 is 2.32 bits per heavy atom. The van der Waals surface area contributed by atoms with Gasteiger partial charge in [-0.15, -0.1) is 0 Å². The lowest BCUT2D eigenvalue weighted by molar-refractivity contribution is 0.262. The van der Waals surface area contributed by atoms with Crippen LogP contribution >= 0.6 is 0 Å². The summed E-state index contributed by atoms with van der Waals surface area (Å²) in [5.74, 6) is 0.185. The van der Waals surface area contributed by atoms with Crippen molar-refractivity contribution in [2.24, 2.45) is 0 Å². The van der Waals surface area contributed by atoms with Gasteiger partial charge < -0.3 is 15.6 Å². The summed E-state index contributed by atoms with van der Waals surface area (Å²) in [5, 5.41) is 10.5. The number of nitrogens with one attached hydrogen (secondary N) is 2. The molecule has 0 aliphatic carbocycles. The summed E-state index contributed by atoms with van der Waals surface area (Å²) in [5.41, 5.74) is 8.35. The summed E-state index contributed by atoms with van der Waals surface area (Å²) in [6.07, 6.45) is 2.91. The van der Waals surface area contributed by atoms with Gasteiger partial charge in [-0.2, -0.15) is 5.10 Å². The molecular weight excluding hydrogens is 487 g/mol. The van der Waals surface area contributed by atoms with Gasteiger partial charge in [-0.05, 0) is 48.5 Å². The molecule has 0 bridgehead atoms. The van der Waals surface area contributed by atoms with Crippen molar-refractivity contribution in [3.8, 4) is 11.4 Å². The number of nitrogens with two attached hydrogens (primary N) is 1. The van der Waals surface area contributed by atoms with E-state index in [-0.39, 0.29) is 27.9 Å². The molecule has 11 heteroatoms. The molecule has 3 heterocycles. The predicted molar refractivity (Wildman–Crippen MR) is 144 cm³/mol. The average Bonchev–Trinajstić information content (AvgIpc) is 3.29. The van der Waals surface area contributed by atoms with E-state index in [0.29, 0.717) is 28.5 Å². The van der Waals surface area contributed by atoms with E-state index in [4.69, 9.17) is 5.73 Å². The molecule has 0 saturated heterocycles. The van der Waals surface area contributed by atoms with Crippen LogP contribution < -0.4 is 21.8 Å². The molecule has 0 fully saturated rings. The van der Waals surface area contributed by atoms with Crippen LogP contribution in [-0.2, 0) is 5.41 Å². The van der Waals surface area contributed by atoms with Crippen molar-refractivity contribution in [2.45, 2.75) is 26.2 Å². The highest BCUT2D eigenvalue weighted by Gasteiger charge is 2.21. The SMILES string of the molecule is CC(C)(C)c1cc(NC(=O)Nc2ccc(-n3ccc(=O)c4c(N)ncnc43)cc2)n(-c2ccc(F)cc2)n1. The number of hydrogen-bond donors (Lipinski definition) is 3. The monoisotopic (exact) mass is 512 g/mol. The van der Waals surface area contributed by atoms with Crippen LogP contribution in [-0.4, -0.2) is 30.3 Å². The first kappa shape index (κ1) is 24.6. The van der Waals surface area contributed by atoms with Crippen molar-refractivity contribution in [2.75, 3.05) is 16.4 Å². The third kappa shape index (κ3) is 4.81. The first-order chi connectivity index (χ1) is 18.1. The maximum absolute atomic E-state index is 13.5. The van der Waals surface area contributed by atoms with Crippen molar-refractivity contribution in [1.29, 1.82) is 0 Å². The Hall–Kier alpha value is -5.06. The summed E-state index contributed by atoms with van der Waals surface area (Å²) in [7, 11) is 0. The number of benzene rings is 2. The van der Waals surface area contributed by atoms with E-state index < -0.39 is 6.03 Å². The van der Waals surface area contributed by atoms with Crippen molar-refractivity contribution < 1.29 is 9.18 Å². The Balaban J connectivity index is 1.38. The van der Waals surface area contributed by atoms with E-state index >= 15 is 0 Å². The second-order valence-corrected chi connectivity index (χ2v) is 9.69. The first-order valence-electron chi connectivity index (χ1n) is 11.8. The lowest BCUT2D eigenvalue weighted by atomic mass is 9.92.